The normalized spacial score (nSPS) is 10.3. The number of nitrogens with one attached hydrogen (secondary N) is 1. The molecule has 1 heterocycles. The lowest BCUT2D eigenvalue weighted by atomic mass is 10.1. The van der Waals surface area contributed by atoms with Crippen LogP contribution in [0.1, 0.15) is 25.0 Å². The number of urea groups is 1. The van der Waals surface area contributed by atoms with E-state index in [-0.39, 0.29) is 11.9 Å². The number of pyridine rings is 1. The van der Waals surface area contributed by atoms with Gasteiger partial charge in [-0.05, 0) is 49.2 Å². The topological polar surface area (TPSA) is 65.5 Å². The summed E-state index contributed by atoms with van der Waals surface area (Å²) in [5.74, 6) is 0.115. The summed E-state index contributed by atoms with van der Waals surface area (Å²) < 4.78 is 0. The molecule has 0 aliphatic rings. The Kier molecular flexibility index (Phi) is 7.14. The Balaban J connectivity index is 1.90. The summed E-state index contributed by atoms with van der Waals surface area (Å²) in [5, 5.41) is 2.86. The molecule has 0 saturated carbocycles. The van der Waals surface area contributed by atoms with Gasteiger partial charge in [-0.1, -0.05) is 12.1 Å². The van der Waals surface area contributed by atoms with Crippen LogP contribution in [0.5, 0.6) is 0 Å². The standard InChI is InChI=1S/C20H26N4O2/c1-4-24(5-2)19(25)14-16-6-8-18(9-7-16)22-20(26)23(3)15-17-10-12-21-13-11-17/h6-13H,4-5,14-15H2,1-3H3,(H,22,26). The molecule has 0 aliphatic carbocycles. The molecule has 6 heteroatoms. The van der Waals surface area contributed by atoms with E-state index in [1.165, 1.54) is 0 Å². The maximum atomic E-state index is 12.3. The van der Waals surface area contributed by atoms with Crippen LogP contribution in [0.2, 0.25) is 0 Å². The van der Waals surface area contributed by atoms with E-state index >= 15 is 0 Å². The van der Waals surface area contributed by atoms with Crippen LogP contribution in [0.4, 0.5) is 10.5 Å². The number of nitrogens with zero attached hydrogens (tertiary/aromatic N) is 3. The molecule has 0 unspecified atom stereocenters. The second kappa shape index (κ2) is 9.56. The Labute approximate surface area is 154 Å². The number of amides is 3. The zero-order valence-corrected chi connectivity index (χ0v) is 15.6. The quantitative estimate of drug-likeness (QED) is 0.831. The molecule has 2 rings (SSSR count). The maximum Gasteiger partial charge on any atom is 0.321 e. The van der Waals surface area contributed by atoms with Crippen LogP contribution >= 0.6 is 0 Å². The van der Waals surface area contributed by atoms with Crippen molar-refractivity contribution in [1.82, 2.24) is 14.8 Å². The Morgan fingerprint density at radius 1 is 0.962 bits per heavy atom. The molecule has 3 amide bonds. The predicted molar refractivity (Wildman–Crippen MR) is 103 cm³/mol. The van der Waals surface area contributed by atoms with Crippen molar-refractivity contribution in [3.63, 3.8) is 0 Å². The highest BCUT2D eigenvalue weighted by Gasteiger charge is 2.12. The zero-order chi connectivity index (χ0) is 18.9. The lowest BCUT2D eigenvalue weighted by Crippen LogP contribution is -2.31. The van der Waals surface area contributed by atoms with Crippen molar-refractivity contribution in [3.8, 4) is 0 Å². The summed E-state index contributed by atoms with van der Waals surface area (Å²) in [7, 11) is 1.74. The zero-order valence-electron chi connectivity index (χ0n) is 15.6. The molecule has 0 saturated heterocycles. The Bertz CT molecular complexity index is 712. The summed E-state index contributed by atoms with van der Waals surface area (Å²) in [5.41, 5.74) is 2.66. The smallest absolute Gasteiger partial charge is 0.321 e. The van der Waals surface area contributed by atoms with E-state index in [0.29, 0.717) is 31.7 Å². The van der Waals surface area contributed by atoms with Crippen molar-refractivity contribution >= 4 is 17.6 Å². The van der Waals surface area contributed by atoms with Gasteiger partial charge in [0.05, 0.1) is 6.42 Å². The molecule has 0 fully saturated rings. The fourth-order valence-corrected chi connectivity index (χ4v) is 2.62. The van der Waals surface area contributed by atoms with Crippen molar-refractivity contribution < 1.29 is 9.59 Å². The second-order valence-electron chi connectivity index (χ2n) is 6.08. The van der Waals surface area contributed by atoms with Crippen LogP contribution < -0.4 is 5.32 Å². The van der Waals surface area contributed by atoms with Gasteiger partial charge in [0.2, 0.25) is 5.91 Å². The van der Waals surface area contributed by atoms with Gasteiger partial charge >= 0.3 is 6.03 Å². The van der Waals surface area contributed by atoms with Gasteiger partial charge in [0.25, 0.3) is 0 Å². The third kappa shape index (κ3) is 5.58. The van der Waals surface area contributed by atoms with Crippen molar-refractivity contribution in [1.29, 1.82) is 0 Å². The predicted octanol–water partition coefficient (Wildman–Crippen LogP) is 3.16. The molecule has 0 bridgehead atoms. The maximum absolute atomic E-state index is 12.3. The molecule has 1 N–H and O–H groups in total. The Hall–Kier alpha value is -2.89. The van der Waals surface area contributed by atoms with Crippen LogP contribution in [0, 0.1) is 0 Å². The van der Waals surface area contributed by atoms with Crippen molar-refractivity contribution in [3.05, 3.63) is 59.9 Å². The molecule has 26 heavy (non-hydrogen) atoms. The molecule has 2 aromatic rings. The molecule has 0 radical (unpaired) electrons. The third-order valence-electron chi connectivity index (χ3n) is 4.19. The highest BCUT2D eigenvalue weighted by molar-refractivity contribution is 5.89. The van der Waals surface area contributed by atoms with Crippen LogP contribution in [0.25, 0.3) is 0 Å². The molecule has 0 spiro atoms. The first-order chi connectivity index (χ1) is 12.5. The molecule has 6 nitrogen and oxygen atoms in total. The number of anilines is 1. The van der Waals surface area contributed by atoms with Gasteiger partial charge in [0.1, 0.15) is 0 Å². The van der Waals surface area contributed by atoms with E-state index in [0.717, 1.165) is 11.1 Å². The monoisotopic (exact) mass is 354 g/mol. The lowest BCUT2D eigenvalue weighted by Gasteiger charge is -2.19. The van der Waals surface area contributed by atoms with Gasteiger partial charge in [0, 0.05) is 44.8 Å². The fraction of sp³-hybridized carbons (Fsp3) is 0.350. The third-order valence-corrected chi connectivity index (χ3v) is 4.19. The number of likely N-dealkylation sites (N-methyl/N-ethyl adjacent to an activating group) is 1. The van der Waals surface area contributed by atoms with Crippen molar-refractivity contribution in [2.24, 2.45) is 0 Å². The molecule has 138 valence electrons. The van der Waals surface area contributed by atoms with E-state index in [1.54, 1.807) is 24.3 Å². The van der Waals surface area contributed by atoms with E-state index in [1.807, 2.05) is 55.1 Å². The van der Waals surface area contributed by atoms with Gasteiger partial charge < -0.3 is 15.1 Å². The lowest BCUT2D eigenvalue weighted by molar-refractivity contribution is -0.130. The molecule has 0 atom stereocenters. The highest BCUT2D eigenvalue weighted by atomic mass is 16.2. The van der Waals surface area contributed by atoms with E-state index in [2.05, 4.69) is 10.3 Å². The summed E-state index contributed by atoms with van der Waals surface area (Å²) in [6, 6.07) is 11.0. The van der Waals surface area contributed by atoms with Crippen LogP contribution in [-0.4, -0.2) is 46.9 Å². The van der Waals surface area contributed by atoms with Gasteiger partial charge in [0.15, 0.2) is 0 Å². The van der Waals surface area contributed by atoms with Crippen LogP contribution in [0.15, 0.2) is 48.8 Å². The van der Waals surface area contributed by atoms with Gasteiger partial charge in [-0.25, -0.2) is 4.79 Å². The number of hydrogen-bond donors (Lipinski definition) is 1. The minimum atomic E-state index is -0.186. The van der Waals surface area contributed by atoms with Crippen LogP contribution in [0.3, 0.4) is 0 Å². The number of carbonyl (C=O) groups excluding carboxylic acids is 2. The number of benzene rings is 1. The minimum Gasteiger partial charge on any atom is -0.343 e. The Morgan fingerprint density at radius 2 is 1.58 bits per heavy atom. The largest absolute Gasteiger partial charge is 0.343 e. The molecule has 1 aromatic heterocycles. The highest BCUT2D eigenvalue weighted by Crippen LogP contribution is 2.12. The van der Waals surface area contributed by atoms with E-state index < -0.39 is 0 Å². The molecule has 1 aromatic carbocycles. The summed E-state index contributed by atoms with van der Waals surface area (Å²) in [4.78, 5) is 31.8. The van der Waals surface area contributed by atoms with Crippen LogP contribution in [-0.2, 0) is 17.8 Å². The van der Waals surface area contributed by atoms with Crippen molar-refractivity contribution in [2.45, 2.75) is 26.8 Å². The van der Waals surface area contributed by atoms with Crippen molar-refractivity contribution in [2.75, 3.05) is 25.5 Å². The summed E-state index contributed by atoms with van der Waals surface area (Å²) in [6.07, 6.45) is 3.79. The summed E-state index contributed by atoms with van der Waals surface area (Å²) in [6.45, 7) is 5.89. The number of aromatic nitrogens is 1. The van der Waals surface area contributed by atoms with E-state index in [4.69, 9.17) is 0 Å². The second-order valence-corrected chi connectivity index (χ2v) is 6.08. The molecular weight excluding hydrogens is 328 g/mol. The summed E-state index contributed by atoms with van der Waals surface area (Å²) >= 11 is 0. The fourth-order valence-electron chi connectivity index (χ4n) is 2.62. The number of rotatable bonds is 7. The average Bonchev–Trinajstić information content (AvgIpc) is 2.65. The van der Waals surface area contributed by atoms with Gasteiger partial charge in [-0.2, -0.15) is 0 Å². The minimum absolute atomic E-state index is 0.115. The SMILES string of the molecule is CCN(CC)C(=O)Cc1ccc(NC(=O)N(C)Cc2ccncc2)cc1. The average molecular weight is 354 g/mol. The number of hydrogen-bond acceptors (Lipinski definition) is 3. The Morgan fingerprint density at radius 3 is 2.15 bits per heavy atom. The van der Waals surface area contributed by atoms with Gasteiger partial charge in [-0.15, -0.1) is 0 Å². The molecule has 0 aliphatic heterocycles. The first-order valence-electron chi connectivity index (χ1n) is 8.81. The first-order valence-corrected chi connectivity index (χ1v) is 8.81. The molecular formula is C20H26N4O2. The first kappa shape index (κ1) is 19.4. The van der Waals surface area contributed by atoms with Gasteiger partial charge in [-0.3, -0.25) is 9.78 Å². The number of carbonyl (C=O) groups is 2. The van der Waals surface area contributed by atoms with E-state index in [9.17, 15) is 9.59 Å².